The van der Waals surface area contributed by atoms with Crippen molar-refractivity contribution in [1.82, 2.24) is 15.0 Å². The molecule has 3 N–H and O–H groups in total. The summed E-state index contributed by atoms with van der Waals surface area (Å²) in [5.41, 5.74) is -0.391. The fourth-order valence-corrected chi connectivity index (χ4v) is 2.87. The van der Waals surface area contributed by atoms with E-state index < -0.39 is 23.1 Å². The molecule has 3 aromatic heterocycles. The molecule has 27 heavy (non-hydrogen) atoms. The van der Waals surface area contributed by atoms with Crippen molar-refractivity contribution in [3.05, 3.63) is 70.4 Å². The van der Waals surface area contributed by atoms with Gasteiger partial charge in [0.25, 0.3) is 5.91 Å². The minimum atomic E-state index is -4.48. The van der Waals surface area contributed by atoms with Crippen LogP contribution in [0.3, 0.4) is 0 Å². The lowest BCUT2D eigenvalue weighted by molar-refractivity contribution is -0.136. The summed E-state index contributed by atoms with van der Waals surface area (Å²) in [7, 11) is 0. The number of carbonyl (C=O) groups is 1. The van der Waals surface area contributed by atoms with Crippen molar-refractivity contribution >= 4 is 33.4 Å². The van der Waals surface area contributed by atoms with Gasteiger partial charge in [-0.2, -0.15) is 13.2 Å². The number of fused-ring (bicyclic) bond motifs is 2. The van der Waals surface area contributed by atoms with Gasteiger partial charge in [-0.3, -0.25) is 14.6 Å². The molecule has 0 aliphatic carbocycles. The highest BCUT2D eigenvalue weighted by Gasteiger charge is 2.33. The van der Waals surface area contributed by atoms with Crippen LogP contribution in [0.1, 0.15) is 15.9 Å². The van der Waals surface area contributed by atoms with Crippen LogP contribution < -0.4 is 10.7 Å². The van der Waals surface area contributed by atoms with Gasteiger partial charge in [0.1, 0.15) is 5.56 Å². The second-order valence-electron chi connectivity index (χ2n) is 5.87. The maximum Gasteiger partial charge on any atom is 0.418 e. The lowest BCUT2D eigenvalue weighted by atomic mass is 10.1. The van der Waals surface area contributed by atoms with Crippen molar-refractivity contribution in [3.8, 4) is 0 Å². The summed E-state index contributed by atoms with van der Waals surface area (Å²) in [6.07, 6.45) is 0.581. The molecule has 0 spiro atoms. The number of aromatic nitrogens is 3. The van der Waals surface area contributed by atoms with Crippen LogP contribution in [-0.2, 0) is 6.18 Å². The van der Waals surface area contributed by atoms with Gasteiger partial charge in [0.2, 0.25) is 5.43 Å². The largest absolute Gasteiger partial charge is 0.418 e. The van der Waals surface area contributed by atoms with E-state index in [1.807, 2.05) is 0 Å². The molecule has 4 rings (SSSR count). The Morgan fingerprint density at radius 1 is 1.04 bits per heavy atom. The summed E-state index contributed by atoms with van der Waals surface area (Å²) < 4.78 is 38.8. The Morgan fingerprint density at radius 2 is 1.81 bits per heavy atom. The Labute approximate surface area is 149 Å². The fraction of sp³-hybridized carbons (Fsp3) is 0.0556. The summed E-state index contributed by atoms with van der Waals surface area (Å²) in [4.78, 5) is 34.1. The Hall–Kier alpha value is -3.62. The molecule has 3 heterocycles. The van der Waals surface area contributed by atoms with E-state index in [2.05, 4.69) is 20.3 Å². The third kappa shape index (κ3) is 2.92. The number of hydrogen-bond acceptors (Lipinski definition) is 3. The Balaban J connectivity index is 1.67. The molecule has 0 unspecified atom stereocenters. The quantitative estimate of drug-likeness (QED) is 0.501. The molecule has 0 saturated heterocycles. The van der Waals surface area contributed by atoms with Crippen molar-refractivity contribution in [3.63, 3.8) is 0 Å². The van der Waals surface area contributed by atoms with Gasteiger partial charge in [0.05, 0.1) is 17.3 Å². The predicted molar refractivity (Wildman–Crippen MR) is 93.6 cm³/mol. The van der Waals surface area contributed by atoms with Crippen LogP contribution in [0.25, 0.3) is 21.8 Å². The smallest absolute Gasteiger partial charge is 0.360 e. The lowest BCUT2D eigenvalue weighted by Crippen LogP contribution is -2.22. The number of carbonyl (C=O) groups excluding carboxylic acids is 1. The average Bonchev–Trinajstić information content (AvgIpc) is 3.05. The maximum atomic E-state index is 12.9. The molecule has 1 aromatic carbocycles. The van der Waals surface area contributed by atoms with Gasteiger partial charge >= 0.3 is 6.18 Å². The summed E-state index contributed by atoms with van der Waals surface area (Å²) in [5.74, 6) is -0.670. The van der Waals surface area contributed by atoms with Crippen LogP contribution in [-0.4, -0.2) is 20.9 Å². The van der Waals surface area contributed by atoms with E-state index >= 15 is 0 Å². The third-order valence-corrected chi connectivity index (χ3v) is 4.17. The first-order chi connectivity index (χ1) is 12.8. The number of anilines is 1. The van der Waals surface area contributed by atoms with Crippen LogP contribution >= 0.6 is 0 Å². The molecule has 136 valence electrons. The second kappa shape index (κ2) is 5.97. The molecule has 0 saturated carbocycles. The van der Waals surface area contributed by atoms with Gasteiger partial charge in [-0.05, 0) is 18.2 Å². The first kappa shape index (κ1) is 16.8. The number of hydrogen-bond donors (Lipinski definition) is 3. The minimum absolute atomic E-state index is 0.00319. The molecular weight excluding hydrogens is 361 g/mol. The number of H-pyrrole nitrogens is 2. The number of nitrogens with zero attached hydrogens (tertiary/aromatic N) is 1. The summed E-state index contributed by atoms with van der Waals surface area (Å²) >= 11 is 0. The van der Waals surface area contributed by atoms with E-state index in [0.29, 0.717) is 10.9 Å². The van der Waals surface area contributed by atoms with E-state index in [-0.39, 0.29) is 22.2 Å². The average molecular weight is 372 g/mol. The van der Waals surface area contributed by atoms with E-state index in [4.69, 9.17) is 0 Å². The fourth-order valence-electron chi connectivity index (χ4n) is 2.87. The summed E-state index contributed by atoms with van der Waals surface area (Å²) in [5, 5.41) is 2.84. The molecule has 9 heteroatoms. The Bertz CT molecular complexity index is 1240. The van der Waals surface area contributed by atoms with Crippen molar-refractivity contribution in [2.75, 3.05) is 5.32 Å². The normalized spacial score (nSPS) is 11.8. The van der Waals surface area contributed by atoms with Crippen LogP contribution in [0, 0.1) is 0 Å². The molecular formula is C18H11F3N4O2. The molecule has 6 nitrogen and oxygen atoms in total. The number of pyridine rings is 2. The molecule has 1 amide bonds. The second-order valence-corrected chi connectivity index (χ2v) is 5.87. The van der Waals surface area contributed by atoms with E-state index in [1.54, 1.807) is 0 Å². The SMILES string of the molecule is O=C(Nc1ccc2c(C(F)(F)F)c[nH]c2c1)c1c[nH]c2cnccc2c1=O. The molecule has 0 aliphatic heterocycles. The topological polar surface area (TPSA) is 90.6 Å². The Kier molecular flexibility index (Phi) is 3.72. The number of nitrogens with one attached hydrogen (secondary N) is 3. The highest BCUT2D eigenvalue weighted by atomic mass is 19.4. The number of aromatic amines is 2. The number of rotatable bonds is 2. The maximum absolute atomic E-state index is 12.9. The van der Waals surface area contributed by atoms with Crippen LogP contribution in [0.5, 0.6) is 0 Å². The zero-order valence-corrected chi connectivity index (χ0v) is 13.5. The van der Waals surface area contributed by atoms with Gasteiger partial charge in [-0.1, -0.05) is 6.07 Å². The van der Waals surface area contributed by atoms with Crippen molar-refractivity contribution in [1.29, 1.82) is 0 Å². The zero-order valence-electron chi connectivity index (χ0n) is 13.5. The van der Waals surface area contributed by atoms with E-state index in [1.165, 1.54) is 42.9 Å². The monoisotopic (exact) mass is 372 g/mol. The van der Waals surface area contributed by atoms with Crippen LogP contribution in [0.15, 0.2) is 53.8 Å². The summed E-state index contributed by atoms with van der Waals surface area (Å²) in [6.45, 7) is 0. The molecule has 4 aromatic rings. The van der Waals surface area contributed by atoms with Gasteiger partial charge < -0.3 is 15.3 Å². The van der Waals surface area contributed by atoms with Crippen molar-refractivity contribution in [2.24, 2.45) is 0 Å². The van der Waals surface area contributed by atoms with Crippen molar-refractivity contribution in [2.45, 2.75) is 6.18 Å². The lowest BCUT2D eigenvalue weighted by Gasteiger charge is -2.07. The zero-order chi connectivity index (χ0) is 19.2. The van der Waals surface area contributed by atoms with Crippen LogP contribution in [0.2, 0.25) is 0 Å². The van der Waals surface area contributed by atoms with Gasteiger partial charge in [-0.25, -0.2) is 0 Å². The number of benzene rings is 1. The van der Waals surface area contributed by atoms with Crippen LogP contribution in [0.4, 0.5) is 18.9 Å². The molecule has 0 radical (unpaired) electrons. The predicted octanol–water partition coefficient (Wildman–Crippen LogP) is 3.68. The molecule has 0 bridgehead atoms. The molecule has 0 aliphatic rings. The van der Waals surface area contributed by atoms with E-state index in [9.17, 15) is 22.8 Å². The number of halogens is 3. The number of alkyl halides is 3. The standard InChI is InChI=1S/C18H11F3N4O2/c19-18(20,21)13-7-24-14-5-9(1-2-10(13)14)25-17(27)12-6-23-15-8-22-4-3-11(15)16(12)26/h1-8,24H,(H,23,26)(H,25,27). The highest BCUT2D eigenvalue weighted by Crippen LogP contribution is 2.35. The molecule has 0 fully saturated rings. The summed E-state index contributed by atoms with van der Waals surface area (Å²) in [6, 6.07) is 5.49. The molecule has 0 atom stereocenters. The number of amides is 1. The third-order valence-electron chi connectivity index (χ3n) is 4.17. The van der Waals surface area contributed by atoms with Gasteiger partial charge in [0.15, 0.2) is 0 Å². The minimum Gasteiger partial charge on any atom is -0.360 e. The van der Waals surface area contributed by atoms with E-state index in [0.717, 1.165) is 6.20 Å². The first-order valence-electron chi connectivity index (χ1n) is 7.80. The highest BCUT2D eigenvalue weighted by molar-refractivity contribution is 6.06. The Morgan fingerprint density at radius 3 is 2.59 bits per heavy atom. The van der Waals surface area contributed by atoms with Gasteiger partial charge in [0, 0.05) is 40.6 Å². The first-order valence-corrected chi connectivity index (χ1v) is 7.80. The van der Waals surface area contributed by atoms with Gasteiger partial charge in [-0.15, -0.1) is 0 Å². The van der Waals surface area contributed by atoms with Crippen molar-refractivity contribution < 1.29 is 18.0 Å².